The van der Waals surface area contributed by atoms with Crippen molar-refractivity contribution in [1.29, 1.82) is 0 Å². The third kappa shape index (κ3) is 3.25. The average molecular weight is 311 g/mol. The van der Waals surface area contributed by atoms with Crippen LogP contribution in [-0.4, -0.2) is 51.0 Å². The van der Waals surface area contributed by atoms with Crippen LogP contribution < -0.4 is 0 Å². The van der Waals surface area contributed by atoms with Gasteiger partial charge in [0, 0.05) is 19.0 Å². The van der Waals surface area contributed by atoms with Gasteiger partial charge in [0.1, 0.15) is 6.04 Å². The van der Waals surface area contributed by atoms with Crippen molar-refractivity contribution in [3.63, 3.8) is 0 Å². The monoisotopic (exact) mass is 311 g/mol. The van der Waals surface area contributed by atoms with E-state index in [1.807, 2.05) is 0 Å². The summed E-state index contributed by atoms with van der Waals surface area (Å²) in [5.41, 5.74) is 0. The molecule has 21 heavy (non-hydrogen) atoms. The summed E-state index contributed by atoms with van der Waals surface area (Å²) in [6.07, 6.45) is 6.21. The molecular weight excluding hydrogens is 282 g/mol. The Bertz CT molecular complexity index is 428. The maximum atomic E-state index is 12.0. The Hall–Kier alpha value is -0.653. The second-order valence-corrected chi connectivity index (χ2v) is 12.4. The number of hydrogen-bond donors (Lipinski definition) is 0. The molecule has 2 aliphatic rings. The Balaban J connectivity index is 2.17. The van der Waals surface area contributed by atoms with Crippen LogP contribution in [0.25, 0.3) is 0 Å². The van der Waals surface area contributed by atoms with Gasteiger partial charge in [-0.15, -0.1) is 0 Å². The number of carbonyl (C=O) groups is 1. The Morgan fingerprint density at radius 3 is 2.52 bits per heavy atom. The average Bonchev–Trinajstić information content (AvgIpc) is 2.75. The van der Waals surface area contributed by atoms with Crippen LogP contribution in [-0.2, 0) is 14.0 Å². The molecular formula is C16H29NO3Si. The van der Waals surface area contributed by atoms with Crippen LogP contribution >= 0.6 is 0 Å². The van der Waals surface area contributed by atoms with Crippen LogP contribution in [0.15, 0.2) is 12.2 Å². The van der Waals surface area contributed by atoms with Gasteiger partial charge < -0.3 is 9.16 Å². The van der Waals surface area contributed by atoms with Gasteiger partial charge in [-0.3, -0.25) is 9.69 Å². The lowest BCUT2D eigenvalue weighted by atomic mass is 10.1. The summed E-state index contributed by atoms with van der Waals surface area (Å²) in [6.45, 7) is 12.1. The summed E-state index contributed by atoms with van der Waals surface area (Å²) in [6, 6.07) is 0.160. The highest BCUT2D eigenvalue weighted by Gasteiger charge is 2.49. The first-order valence-electron chi connectivity index (χ1n) is 7.84. The number of rotatable bonds is 3. The zero-order valence-corrected chi connectivity index (χ0v) is 15.2. The minimum atomic E-state index is -1.82. The molecule has 2 heterocycles. The van der Waals surface area contributed by atoms with E-state index in [0.717, 1.165) is 19.4 Å². The first-order valence-corrected chi connectivity index (χ1v) is 10.7. The molecule has 0 aromatic rings. The number of nitrogens with zero attached hydrogens (tertiary/aromatic N) is 1. The number of ether oxygens (including phenoxy) is 1. The lowest BCUT2D eigenvalue weighted by Crippen LogP contribution is -2.48. The van der Waals surface area contributed by atoms with Crippen molar-refractivity contribution in [2.24, 2.45) is 0 Å². The Morgan fingerprint density at radius 2 is 1.95 bits per heavy atom. The third-order valence-corrected chi connectivity index (χ3v) is 9.80. The van der Waals surface area contributed by atoms with Gasteiger partial charge in [0.25, 0.3) is 0 Å². The largest absolute Gasteiger partial charge is 0.468 e. The number of fused-ring (bicyclic) bond motifs is 1. The highest BCUT2D eigenvalue weighted by molar-refractivity contribution is 6.74. The van der Waals surface area contributed by atoms with Crippen LogP contribution in [0.1, 0.15) is 33.6 Å². The summed E-state index contributed by atoms with van der Waals surface area (Å²) < 4.78 is 11.6. The van der Waals surface area contributed by atoms with Gasteiger partial charge in [0.05, 0.1) is 13.2 Å². The number of hydrogen-bond acceptors (Lipinski definition) is 4. The van der Waals surface area contributed by atoms with E-state index in [-0.39, 0.29) is 23.2 Å². The van der Waals surface area contributed by atoms with Crippen molar-refractivity contribution < 1.29 is 14.0 Å². The molecule has 0 aromatic carbocycles. The molecule has 1 saturated heterocycles. The molecule has 0 amide bonds. The summed E-state index contributed by atoms with van der Waals surface area (Å²) >= 11 is 0. The topological polar surface area (TPSA) is 38.8 Å². The fourth-order valence-corrected chi connectivity index (χ4v) is 4.35. The molecule has 0 aliphatic carbocycles. The lowest BCUT2D eigenvalue weighted by Gasteiger charge is -2.40. The van der Waals surface area contributed by atoms with E-state index in [0.29, 0.717) is 6.04 Å². The maximum absolute atomic E-state index is 12.0. The highest BCUT2D eigenvalue weighted by atomic mass is 28.4. The van der Waals surface area contributed by atoms with E-state index < -0.39 is 8.32 Å². The lowest BCUT2D eigenvalue weighted by molar-refractivity contribution is -0.146. The fourth-order valence-electron chi connectivity index (χ4n) is 2.99. The van der Waals surface area contributed by atoms with Crippen LogP contribution in [0.5, 0.6) is 0 Å². The van der Waals surface area contributed by atoms with E-state index in [1.165, 1.54) is 7.11 Å². The van der Waals surface area contributed by atoms with E-state index in [9.17, 15) is 4.79 Å². The van der Waals surface area contributed by atoms with E-state index in [4.69, 9.17) is 9.16 Å². The molecule has 120 valence electrons. The minimum absolute atomic E-state index is 0.128. The van der Waals surface area contributed by atoms with E-state index in [1.54, 1.807) is 0 Å². The molecule has 0 spiro atoms. The molecule has 2 rings (SSSR count). The smallest absolute Gasteiger partial charge is 0.323 e. The SMILES string of the molecule is COC(=O)[C@@H]1C[C@@H](O[Si](C)(C)C(C)(C)C)[C@H]2CC=CCN21. The number of methoxy groups -OCH3 is 1. The van der Waals surface area contributed by atoms with Crippen molar-refractivity contribution >= 4 is 14.3 Å². The molecule has 0 N–H and O–H groups in total. The predicted octanol–water partition coefficient (Wildman–Crippen LogP) is 2.95. The fraction of sp³-hybridized carbons (Fsp3) is 0.812. The minimum Gasteiger partial charge on any atom is -0.468 e. The third-order valence-electron chi connectivity index (χ3n) is 5.30. The molecule has 1 fully saturated rings. The Labute approximate surface area is 129 Å². The predicted molar refractivity (Wildman–Crippen MR) is 86.7 cm³/mol. The summed E-state index contributed by atoms with van der Waals surface area (Å²) in [7, 11) is -0.352. The van der Waals surface area contributed by atoms with E-state index >= 15 is 0 Å². The first kappa shape index (κ1) is 16.7. The van der Waals surface area contributed by atoms with Crippen molar-refractivity contribution in [3.8, 4) is 0 Å². The van der Waals surface area contributed by atoms with Crippen molar-refractivity contribution in [3.05, 3.63) is 12.2 Å². The van der Waals surface area contributed by atoms with Crippen LogP contribution in [0, 0.1) is 0 Å². The summed E-state index contributed by atoms with van der Waals surface area (Å²) in [4.78, 5) is 14.3. The van der Waals surface area contributed by atoms with Gasteiger partial charge in [-0.1, -0.05) is 32.9 Å². The molecule has 4 nitrogen and oxygen atoms in total. The first-order chi connectivity index (χ1) is 9.67. The molecule has 3 atom stereocenters. The van der Waals surface area contributed by atoms with Gasteiger partial charge in [-0.25, -0.2) is 0 Å². The van der Waals surface area contributed by atoms with Gasteiger partial charge in [0.2, 0.25) is 0 Å². The maximum Gasteiger partial charge on any atom is 0.323 e. The van der Waals surface area contributed by atoms with Gasteiger partial charge >= 0.3 is 5.97 Å². The highest BCUT2D eigenvalue weighted by Crippen LogP contribution is 2.41. The Kier molecular flexibility index (Phi) is 4.66. The molecule has 0 unspecified atom stereocenters. The van der Waals surface area contributed by atoms with Crippen molar-refractivity contribution in [2.75, 3.05) is 13.7 Å². The number of esters is 1. The number of carbonyl (C=O) groups excluding carboxylic acids is 1. The van der Waals surface area contributed by atoms with Gasteiger partial charge in [-0.2, -0.15) is 0 Å². The molecule has 0 radical (unpaired) electrons. The van der Waals surface area contributed by atoms with E-state index in [2.05, 4.69) is 50.9 Å². The zero-order valence-electron chi connectivity index (χ0n) is 14.2. The van der Waals surface area contributed by atoms with Crippen molar-refractivity contribution in [2.45, 2.75) is 69.9 Å². The Morgan fingerprint density at radius 1 is 1.29 bits per heavy atom. The quantitative estimate of drug-likeness (QED) is 0.456. The second kappa shape index (κ2) is 5.86. The molecule has 0 bridgehead atoms. The van der Waals surface area contributed by atoms with Gasteiger partial charge in [-0.05, 0) is 24.6 Å². The molecule has 5 heteroatoms. The standard InChI is InChI=1S/C16H29NO3Si/c1-16(2,3)21(5,6)20-14-11-13(15(18)19-4)17-10-8-7-9-12(14)17/h7-8,12-14H,9-11H2,1-6H3/t12-,13+,14-/m1/s1. The van der Waals surface area contributed by atoms with Crippen LogP contribution in [0.4, 0.5) is 0 Å². The van der Waals surface area contributed by atoms with Gasteiger partial charge in [0.15, 0.2) is 8.32 Å². The zero-order chi connectivity index (χ0) is 15.8. The normalized spacial score (nSPS) is 30.3. The second-order valence-electron chi connectivity index (χ2n) is 7.66. The molecule has 0 saturated carbocycles. The summed E-state index contributed by atoms with van der Waals surface area (Å²) in [5, 5.41) is 0.186. The summed E-state index contributed by atoms with van der Waals surface area (Å²) in [5.74, 6) is -0.128. The molecule has 0 aromatic heterocycles. The van der Waals surface area contributed by atoms with Crippen LogP contribution in [0.3, 0.4) is 0 Å². The van der Waals surface area contributed by atoms with Crippen molar-refractivity contribution in [1.82, 2.24) is 4.90 Å². The van der Waals surface area contributed by atoms with Crippen LogP contribution in [0.2, 0.25) is 18.1 Å². The molecule has 2 aliphatic heterocycles.